The zero-order valence-corrected chi connectivity index (χ0v) is 11.4. The van der Waals surface area contributed by atoms with Crippen LogP contribution in [0.4, 0.5) is 5.69 Å². The highest BCUT2D eigenvalue weighted by molar-refractivity contribution is 5.63. The predicted octanol–water partition coefficient (Wildman–Crippen LogP) is 2.05. The minimum Gasteiger partial charge on any atom is -0.497 e. The fourth-order valence-electron chi connectivity index (χ4n) is 2.64. The van der Waals surface area contributed by atoms with E-state index in [1.807, 2.05) is 18.2 Å². The third kappa shape index (κ3) is 2.25. The Morgan fingerprint density at radius 1 is 1.28 bits per heavy atom. The molecule has 4 heteroatoms. The molecule has 1 aromatic rings. The van der Waals surface area contributed by atoms with Crippen molar-refractivity contribution in [3.05, 3.63) is 18.2 Å². The minimum absolute atomic E-state index is 0.0843. The number of ether oxygens (including phenoxy) is 2. The monoisotopic (exact) mass is 251 g/mol. The maximum atomic E-state index is 9.87. The maximum absolute atomic E-state index is 9.87. The first-order valence-electron chi connectivity index (χ1n) is 6.15. The molecule has 1 aliphatic rings. The topological polar surface area (TPSA) is 41.9 Å². The Hall–Kier alpha value is -1.42. The zero-order chi connectivity index (χ0) is 13.3. The summed E-state index contributed by atoms with van der Waals surface area (Å²) in [5, 5.41) is 9.87. The van der Waals surface area contributed by atoms with E-state index in [2.05, 4.69) is 18.7 Å². The first-order chi connectivity index (χ1) is 8.47. The largest absolute Gasteiger partial charge is 0.497 e. The molecule has 0 saturated carbocycles. The van der Waals surface area contributed by atoms with Crippen LogP contribution in [-0.4, -0.2) is 37.5 Å². The molecule has 0 spiro atoms. The Morgan fingerprint density at radius 2 is 2.00 bits per heavy atom. The molecule has 1 heterocycles. The Labute approximate surface area is 108 Å². The van der Waals surface area contributed by atoms with Gasteiger partial charge in [0.15, 0.2) is 0 Å². The van der Waals surface area contributed by atoms with E-state index in [9.17, 15) is 5.11 Å². The molecule has 4 nitrogen and oxygen atoms in total. The molecule has 0 amide bonds. The van der Waals surface area contributed by atoms with Crippen molar-refractivity contribution in [2.45, 2.75) is 31.9 Å². The zero-order valence-electron chi connectivity index (χ0n) is 11.4. The summed E-state index contributed by atoms with van der Waals surface area (Å²) in [5.74, 6) is 1.60. The second-order valence-corrected chi connectivity index (χ2v) is 5.32. The molecule has 100 valence electrons. The summed E-state index contributed by atoms with van der Waals surface area (Å²) in [6.07, 6.45) is 0.462. The van der Waals surface area contributed by atoms with Crippen molar-refractivity contribution in [3.63, 3.8) is 0 Å². The molecule has 0 bridgehead atoms. The van der Waals surface area contributed by atoms with Gasteiger partial charge >= 0.3 is 0 Å². The van der Waals surface area contributed by atoms with Gasteiger partial charge in [0.1, 0.15) is 11.5 Å². The molecule has 0 radical (unpaired) electrons. The van der Waals surface area contributed by atoms with E-state index < -0.39 is 0 Å². The van der Waals surface area contributed by atoms with Crippen molar-refractivity contribution in [1.29, 1.82) is 0 Å². The normalized spacial score (nSPS) is 22.1. The van der Waals surface area contributed by atoms with E-state index in [4.69, 9.17) is 9.47 Å². The molecule has 1 N–H and O–H groups in total. The first kappa shape index (κ1) is 13.0. The molecule has 1 unspecified atom stereocenters. The van der Waals surface area contributed by atoms with Crippen molar-refractivity contribution >= 4 is 5.69 Å². The van der Waals surface area contributed by atoms with Gasteiger partial charge in [0, 0.05) is 18.2 Å². The van der Waals surface area contributed by atoms with Crippen LogP contribution < -0.4 is 14.4 Å². The smallest absolute Gasteiger partial charge is 0.142 e. The SMILES string of the molecule is COc1ccc(OC)c(N2CC(O)CC2(C)C)c1. The molecule has 1 aliphatic heterocycles. The van der Waals surface area contributed by atoms with E-state index in [1.54, 1.807) is 14.2 Å². The first-order valence-corrected chi connectivity index (χ1v) is 6.15. The molecule has 1 fully saturated rings. The number of aliphatic hydroxyl groups is 1. The number of aliphatic hydroxyl groups excluding tert-OH is 1. The van der Waals surface area contributed by atoms with Crippen LogP contribution >= 0.6 is 0 Å². The number of nitrogens with zero attached hydrogens (tertiary/aromatic N) is 1. The van der Waals surface area contributed by atoms with Crippen LogP contribution in [-0.2, 0) is 0 Å². The number of hydrogen-bond acceptors (Lipinski definition) is 4. The van der Waals surface area contributed by atoms with E-state index in [0.717, 1.165) is 23.6 Å². The highest BCUT2D eigenvalue weighted by atomic mass is 16.5. The number of hydrogen-bond donors (Lipinski definition) is 1. The average Bonchev–Trinajstić information content (AvgIpc) is 2.61. The summed E-state index contributed by atoms with van der Waals surface area (Å²) < 4.78 is 10.7. The standard InChI is InChI=1S/C14H21NO3/c1-14(2)8-10(16)9-15(14)12-7-11(17-3)5-6-13(12)18-4/h5-7,10,16H,8-9H2,1-4H3. The van der Waals surface area contributed by atoms with Crippen LogP contribution in [0, 0.1) is 0 Å². The van der Waals surface area contributed by atoms with E-state index >= 15 is 0 Å². The summed E-state index contributed by atoms with van der Waals surface area (Å²) >= 11 is 0. The Morgan fingerprint density at radius 3 is 2.50 bits per heavy atom. The fraction of sp³-hybridized carbons (Fsp3) is 0.571. The molecule has 2 rings (SSSR count). The lowest BCUT2D eigenvalue weighted by Crippen LogP contribution is -2.38. The Bertz CT molecular complexity index is 431. The molecular weight excluding hydrogens is 230 g/mol. The quantitative estimate of drug-likeness (QED) is 0.893. The van der Waals surface area contributed by atoms with E-state index in [1.165, 1.54) is 0 Å². The molecular formula is C14H21NO3. The van der Waals surface area contributed by atoms with Crippen LogP contribution in [0.15, 0.2) is 18.2 Å². The number of β-amino-alcohol motifs (C(OH)–C–C–N with tert-alkyl or cyclic N) is 1. The van der Waals surface area contributed by atoms with Gasteiger partial charge in [-0.25, -0.2) is 0 Å². The van der Waals surface area contributed by atoms with Gasteiger partial charge in [0.05, 0.1) is 26.0 Å². The highest BCUT2D eigenvalue weighted by Crippen LogP contribution is 2.40. The van der Waals surface area contributed by atoms with Crippen molar-refractivity contribution in [1.82, 2.24) is 0 Å². The fourth-order valence-corrected chi connectivity index (χ4v) is 2.64. The van der Waals surface area contributed by atoms with Gasteiger partial charge in [-0.3, -0.25) is 0 Å². The van der Waals surface area contributed by atoms with E-state index in [-0.39, 0.29) is 11.6 Å². The van der Waals surface area contributed by atoms with Crippen LogP contribution in [0.2, 0.25) is 0 Å². The van der Waals surface area contributed by atoms with Crippen LogP contribution in [0.25, 0.3) is 0 Å². The third-order valence-electron chi connectivity index (χ3n) is 3.54. The lowest BCUT2D eigenvalue weighted by molar-refractivity contribution is 0.188. The molecule has 1 saturated heterocycles. The lowest BCUT2D eigenvalue weighted by atomic mass is 10.0. The number of benzene rings is 1. The van der Waals surface area contributed by atoms with Gasteiger partial charge in [0.2, 0.25) is 0 Å². The maximum Gasteiger partial charge on any atom is 0.142 e. The Balaban J connectivity index is 2.42. The number of methoxy groups -OCH3 is 2. The lowest BCUT2D eigenvalue weighted by Gasteiger charge is -2.34. The van der Waals surface area contributed by atoms with Crippen LogP contribution in [0.5, 0.6) is 11.5 Å². The Kier molecular flexibility index (Phi) is 3.39. The molecule has 18 heavy (non-hydrogen) atoms. The molecule has 0 aliphatic carbocycles. The predicted molar refractivity (Wildman–Crippen MR) is 71.6 cm³/mol. The molecule has 1 aromatic carbocycles. The number of anilines is 1. The van der Waals surface area contributed by atoms with Gasteiger partial charge < -0.3 is 19.5 Å². The van der Waals surface area contributed by atoms with Crippen molar-refractivity contribution < 1.29 is 14.6 Å². The highest BCUT2D eigenvalue weighted by Gasteiger charge is 2.38. The number of rotatable bonds is 3. The molecule has 0 aromatic heterocycles. The summed E-state index contributed by atoms with van der Waals surface area (Å²) in [7, 11) is 3.31. The van der Waals surface area contributed by atoms with Crippen LogP contribution in [0.3, 0.4) is 0 Å². The third-order valence-corrected chi connectivity index (χ3v) is 3.54. The van der Waals surface area contributed by atoms with Gasteiger partial charge in [0.25, 0.3) is 0 Å². The van der Waals surface area contributed by atoms with Crippen molar-refractivity contribution in [2.24, 2.45) is 0 Å². The second kappa shape index (κ2) is 4.69. The van der Waals surface area contributed by atoms with Crippen molar-refractivity contribution in [2.75, 3.05) is 25.7 Å². The average molecular weight is 251 g/mol. The summed E-state index contributed by atoms with van der Waals surface area (Å²) in [6.45, 7) is 4.88. The minimum atomic E-state index is -0.295. The van der Waals surface area contributed by atoms with E-state index in [0.29, 0.717) is 6.54 Å². The van der Waals surface area contributed by atoms with Gasteiger partial charge in [-0.05, 0) is 32.4 Å². The van der Waals surface area contributed by atoms with Crippen molar-refractivity contribution in [3.8, 4) is 11.5 Å². The van der Waals surface area contributed by atoms with Gasteiger partial charge in [-0.2, -0.15) is 0 Å². The summed E-state index contributed by atoms with van der Waals surface area (Å²) in [5.41, 5.74) is 0.886. The van der Waals surface area contributed by atoms with Gasteiger partial charge in [-0.15, -0.1) is 0 Å². The van der Waals surface area contributed by atoms with Gasteiger partial charge in [-0.1, -0.05) is 0 Å². The summed E-state index contributed by atoms with van der Waals surface area (Å²) in [4.78, 5) is 2.18. The second-order valence-electron chi connectivity index (χ2n) is 5.32. The summed E-state index contributed by atoms with van der Waals surface area (Å²) in [6, 6.07) is 5.73. The van der Waals surface area contributed by atoms with Crippen LogP contribution in [0.1, 0.15) is 20.3 Å². The molecule has 1 atom stereocenters.